The summed E-state index contributed by atoms with van der Waals surface area (Å²) in [4.78, 5) is 29.2. The number of carbonyl (C=O) groups excluding carboxylic acids is 2. The van der Waals surface area contributed by atoms with Crippen LogP contribution in [-0.4, -0.2) is 84.1 Å². The van der Waals surface area contributed by atoms with Crippen molar-refractivity contribution in [3.05, 3.63) is 12.7 Å². The van der Waals surface area contributed by atoms with E-state index in [2.05, 4.69) is 25.7 Å². The molecule has 0 radical (unpaired) electrons. The topological polar surface area (TPSA) is 107 Å². The van der Waals surface area contributed by atoms with Gasteiger partial charge in [-0.2, -0.15) is 0 Å². The molecule has 0 aromatic heterocycles. The van der Waals surface area contributed by atoms with E-state index < -0.39 is 58.3 Å². The highest BCUT2D eigenvalue weighted by Gasteiger charge is 2.84. The van der Waals surface area contributed by atoms with Gasteiger partial charge in [0, 0.05) is 24.3 Å². The number of aliphatic hydroxyl groups excluding tert-OH is 1. The minimum absolute atomic E-state index is 0.0482. The predicted octanol–water partition coefficient (Wildman–Crippen LogP) is 3.00. The highest BCUT2D eigenvalue weighted by atomic mass is 16.7. The van der Waals surface area contributed by atoms with Crippen LogP contribution in [0.5, 0.6) is 0 Å². The highest BCUT2D eigenvalue weighted by Crippen LogP contribution is 2.70. The quantitative estimate of drug-likeness (QED) is 0.546. The molecule has 1 spiro atoms. The van der Waals surface area contributed by atoms with Gasteiger partial charge in [0.15, 0.2) is 17.5 Å². The zero-order chi connectivity index (χ0) is 26.9. The van der Waals surface area contributed by atoms with E-state index in [4.69, 9.17) is 18.9 Å². The number of aliphatic hydroxyl groups is 1. The van der Waals surface area contributed by atoms with Crippen molar-refractivity contribution in [1.82, 2.24) is 10.2 Å². The molecular weight excluding hydrogens is 464 g/mol. The summed E-state index contributed by atoms with van der Waals surface area (Å²) in [5.41, 5.74) is -5.44. The van der Waals surface area contributed by atoms with E-state index in [9.17, 15) is 14.7 Å². The van der Waals surface area contributed by atoms with Crippen LogP contribution in [0.2, 0.25) is 0 Å². The summed E-state index contributed by atoms with van der Waals surface area (Å²) in [6.07, 6.45) is -0.289. The molecule has 4 aliphatic rings. The molecule has 2 saturated carbocycles. The van der Waals surface area contributed by atoms with Crippen LogP contribution in [0.1, 0.15) is 67.2 Å². The summed E-state index contributed by atoms with van der Waals surface area (Å²) >= 11 is 0. The van der Waals surface area contributed by atoms with Crippen molar-refractivity contribution in [1.29, 1.82) is 0 Å². The molecule has 2 N–H and O–H groups in total. The van der Waals surface area contributed by atoms with Gasteiger partial charge in [-0.1, -0.05) is 33.8 Å². The number of hydrogen-bond acceptors (Lipinski definition) is 8. The maximum absolute atomic E-state index is 14.5. The van der Waals surface area contributed by atoms with Gasteiger partial charge in [0.1, 0.15) is 5.60 Å². The monoisotopic (exact) mass is 508 g/mol. The Labute approximate surface area is 214 Å². The van der Waals surface area contributed by atoms with E-state index in [0.29, 0.717) is 13.0 Å². The summed E-state index contributed by atoms with van der Waals surface area (Å²) in [5.74, 6) is -0.622. The molecule has 0 bridgehead atoms. The van der Waals surface area contributed by atoms with Crippen LogP contribution in [0.25, 0.3) is 0 Å². The Morgan fingerprint density at radius 2 is 1.94 bits per heavy atom. The van der Waals surface area contributed by atoms with E-state index in [1.54, 1.807) is 24.8 Å². The number of carbonyl (C=O) groups is 2. The summed E-state index contributed by atoms with van der Waals surface area (Å²) in [7, 11) is 3.66. The van der Waals surface area contributed by atoms with Crippen molar-refractivity contribution in [2.45, 2.75) is 109 Å². The Morgan fingerprint density at radius 3 is 2.53 bits per heavy atom. The average Bonchev–Trinajstić information content (AvgIpc) is 2.77. The zero-order valence-corrected chi connectivity index (χ0v) is 23.1. The number of nitrogens with one attached hydrogen (secondary N) is 1. The molecule has 2 saturated heterocycles. The maximum Gasteiger partial charge on any atom is 0.407 e. The van der Waals surface area contributed by atoms with Crippen molar-refractivity contribution < 1.29 is 33.6 Å². The van der Waals surface area contributed by atoms with E-state index >= 15 is 0 Å². The van der Waals surface area contributed by atoms with Crippen molar-refractivity contribution in [3.8, 4) is 0 Å². The second-order valence-corrected chi connectivity index (χ2v) is 12.6. The molecule has 2 aliphatic carbocycles. The van der Waals surface area contributed by atoms with Crippen molar-refractivity contribution >= 4 is 11.9 Å². The Kier molecular flexibility index (Phi) is 6.70. The Bertz CT molecular complexity index is 924. The van der Waals surface area contributed by atoms with Gasteiger partial charge in [0.25, 0.3) is 0 Å². The molecule has 1 unspecified atom stereocenters. The lowest BCUT2D eigenvalue weighted by Gasteiger charge is -2.74. The van der Waals surface area contributed by atoms with Crippen LogP contribution in [-0.2, 0) is 23.7 Å². The molecule has 4 fully saturated rings. The average molecular weight is 509 g/mol. The van der Waals surface area contributed by atoms with Gasteiger partial charge < -0.3 is 29.4 Å². The van der Waals surface area contributed by atoms with Crippen molar-refractivity contribution in [2.24, 2.45) is 16.7 Å². The van der Waals surface area contributed by atoms with Gasteiger partial charge >= 0.3 is 6.09 Å². The number of hydrogen-bond donors (Lipinski definition) is 2. The lowest BCUT2D eigenvalue weighted by Crippen LogP contribution is -2.89. The standard InChI is InChI=1S/C27H44N2O7/c1-10-14-28-21(32)34-20-18(31)19-23(3,4)13-12-17-25(19,6)27(35-22(33-17)29(8)9)16(30)15-24(5,11-2)36-26(20,27)7/h11,17-20,22,31H,2,10,12-15H2,1,3-9H3,(H,28,32)/t17-,18-,19-,20-,22?,24-,25-,26+,27-/m0/s1. The number of ether oxygens (including phenoxy) is 4. The second kappa shape index (κ2) is 8.76. The van der Waals surface area contributed by atoms with E-state index in [0.717, 1.165) is 12.8 Å². The normalized spacial score (nSPS) is 47.5. The first-order chi connectivity index (χ1) is 16.6. The molecule has 4 rings (SSSR count). The lowest BCUT2D eigenvalue weighted by molar-refractivity contribution is -0.456. The molecule has 36 heavy (non-hydrogen) atoms. The molecule has 9 nitrogen and oxygen atoms in total. The summed E-state index contributed by atoms with van der Waals surface area (Å²) in [5, 5.41) is 14.8. The van der Waals surface area contributed by atoms with Gasteiger partial charge in [0.05, 0.1) is 17.8 Å². The molecular formula is C27H44N2O7. The Hall–Kier alpha value is -1.52. The molecule has 2 aliphatic heterocycles. The predicted molar refractivity (Wildman–Crippen MR) is 133 cm³/mol. The third-order valence-electron chi connectivity index (χ3n) is 9.37. The minimum atomic E-state index is -1.54. The van der Waals surface area contributed by atoms with Crippen LogP contribution in [0.15, 0.2) is 12.7 Å². The summed E-state index contributed by atoms with van der Waals surface area (Å²) in [6, 6.07) is 0. The van der Waals surface area contributed by atoms with Crippen LogP contribution in [0.4, 0.5) is 4.79 Å². The number of ketones is 1. The highest BCUT2D eigenvalue weighted by molar-refractivity contribution is 5.93. The number of rotatable bonds is 5. The molecule has 1 amide bonds. The van der Waals surface area contributed by atoms with E-state index in [1.165, 1.54) is 0 Å². The minimum Gasteiger partial charge on any atom is -0.440 e. The molecule has 0 aromatic carbocycles. The van der Waals surface area contributed by atoms with Gasteiger partial charge in [-0.3, -0.25) is 9.69 Å². The first kappa shape index (κ1) is 27.5. The molecule has 204 valence electrons. The van der Waals surface area contributed by atoms with E-state index in [1.807, 2.05) is 27.9 Å². The number of nitrogens with zero attached hydrogens (tertiary/aromatic N) is 1. The number of amides is 1. The third kappa shape index (κ3) is 3.53. The van der Waals surface area contributed by atoms with Gasteiger partial charge in [-0.05, 0) is 52.6 Å². The third-order valence-corrected chi connectivity index (χ3v) is 9.37. The fourth-order valence-electron chi connectivity index (χ4n) is 7.89. The van der Waals surface area contributed by atoms with Crippen molar-refractivity contribution in [3.63, 3.8) is 0 Å². The smallest absolute Gasteiger partial charge is 0.407 e. The van der Waals surface area contributed by atoms with Crippen molar-refractivity contribution in [2.75, 3.05) is 20.6 Å². The maximum atomic E-state index is 14.5. The first-order valence-corrected chi connectivity index (χ1v) is 13.1. The zero-order valence-electron chi connectivity index (χ0n) is 23.1. The molecule has 9 atom stereocenters. The fourth-order valence-corrected chi connectivity index (χ4v) is 7.89. The fraction of sp³-hybridized carbons (Fsp3) is 0.852. The summed E-state index contributed by atoms with van der Waals surface area (Å²) < 4.78 is 25.9. The first-order valence-electron chi connectivity index (χ1n) is 13.1. The second-order valence-electron chi connectivity index (χ2n) is 12.6. The van der Waals surface area contributed by atoms with Gasteiger partial charge in [-0.25, -0.2) is 4.79 Å². The Morgan fingerprint density at radius 1 is 1.28 bits per heavy atom. The van der Waals surface area contributed by atoms with Crippen LogP contribution >= 0.6 is 0 Å². The van der Waals surface area contributed by atoms with Crippen LogP contribution in [0.3, 0.4) is 0 Å². The number of Topliss-reactive ketones (excluding diaryl/α,β-unsaturated/α-hetero) is 1. The van der Waals surface area contributed by atoms with Crippen LogP contribution in [0, 0.1) is 16.7 Å². The summed E-state index contributed by atoms with van der Waals surface area (Å²) in [6.45, 7) is 16.0. The van der Waals surface area contributed by atoms with Gasteiger partial charge in [0.2, 0.25) is 6.41 Å². The Balaban J connectivity index is 1.98. The largest absolute Gasteiger partial charge is 0.440 e. The van der Waals surface area contributed by atoms with Gasteiger partial charge in [-0.15, -0.1) is 6.58 Å². The molecule has 2 heterocycles. The van der Waals surface area contributed by atoms with Crippen LogP contribution < -0.4 is 5.32 Å². The van der Waals surface area contributed by atoms with E-state index in [-0.39, 0.29) is 18.3 Å². The SMILES string of the molecule is C=C[C@@]1(C)CC(=O)[C@@]23OC(N(C)C)O[C@H]4CCC(C)(C)[C@H]([C@H](O)[C@H](OC(=O)NCCC)[C@@]2(C)O1)[C@]43C. The molecule has 0 aromatic rings. The number of alkyl carbamates (subject to hydrolysis) is 1. The molecule has 9 heteroatoms. The lowest BCUT2D eigenvalue weighted by atomic mass is 9.39.